The molecule has 1 amide bonds. The van der Waals surface area contributed by atoms with Crippen LogP contribution in [0.4, 0.5) is 26.0 Å². The minimum absolute atomic E-state index is 0.117. The number of imidazole rings is 1. The summed E-state index contributed by atoms with van der Waals surface area (Å²) in [6.45, 7) is 7.76. The smallest absolute Gasteiger partial charge is 0.309 e. The fraction of sp³-hybridized carbons (Fsp3) is 0.467. The molecule has 2 aliphatic heterocycles. The predicted octanol–water partition coefficient (Wildman–Crippen LogP) is 8.06. The van der Waals surface area contributed by atoms with Crippen molar-refractivity contribution in [2.75, 3.05) is 36.8 Å². The lowest BCUT2D eigenvalue weighted by molar-refractivity contribution is -0.148. The fourth-order valence-corrected chi connectivity index (χ4v) is 10.6. The molecule has 1 atom stereocenters. The lowest BCUT2D eigenvalue weighted by atomic mass is 9.80. The number of amides is 1. The van der Waals surface area contributed by atoms with E-state index >= 15 is 0 Å². The van der Waals surface area contributed by atoms with E-state index in [2.05, 4.69) is 35.4 Å². The van der Waals surface area contributed by atoms with Crippen molar-refractivity contribution in [3.05, 3.63) is 87.8 Å². The molecule has 0 radical (unpaired) electrons. The lowest BCUT2D eigenvalue weighted by Crippen LogP contribution is -2.34. The molecule has 3 fully saturated rings. The Kier molecular flexibility index (Phi) is 10.6. The average Bonchev–Trinajstić information content (AvgIpc) is 3.99. The minimum Gasteiger partial charge on any atom is -0.481 e. The van der Waals surface area contributed by atoms with Crippen LogP contribution < -0.4 is 10.6 Å². The molecule has 5 aromatic rings. The third-order valence-electron chi connectivity index (χ3n) is 13.8. The maximum absolute atomic E-state index is 14.1. The summed E-state index contributed by atoms with van der Waals surface area (Å²) in [6, 6.07) is 12.7. The third kappa shape index (κ3) is 7.85. The predicted molar refractivity (Wildman–Crippen MR) is 228 cm³/mol. The molecule has 0 spiro atoms. The molecule has 9 rings (SSSR count). The van der Waals surface area contributed by atoms with Crippen molar-refractivity contribution in [3.8, 4) is 11.1 Å². The first-order valence-electron chi connectivity index (χ1n) is 21.0. The highest BCUT2D eigenvalue weighted by atomic mass is 35.5. The van der Waals surface area contributed by atoms with Gasteiger partial charge in [-0.25, -0.2) is 23.7 Å². The maximum Gasteiger partial charge on any atom is 0.309 e. The Labute approximate surface area is 357 Å². The third-order valence-corrected chi connectivity index (χ3v) is 14.2. The van der Waals surface area contributed by atoms with Crippen molar-refractivity contribution in [1.29, 1.82) is 0 Å². The molecule has 4 N–H and O–H groups in total. The first kappa shape index (κ1) is 41.3. The van der Waals surface area contributed by atoms with Gasteiger partial charge in [-0.2, -0.15) is 0 Å². The Morgan fingerprint density at radius 3 is 2.44 bits per heavy atom. The van der Waals surface area contributed by atoms with Gasteiger partial charge in [-0.15, -0.1) is 0 Å². The quantitative estimate of drug-likeness (QED) is 0.0961. The Bertz CT molecular complexity index is 2560. The zero-order valence-electron chi connectivity index (χ0n) is 34.6. The molecule has 3 aromatic heterocycles. The zero-order chi connectivity index (χ0) is 42.8. The van der Waals surface area contributed by atoms with Crippen LogP contribution in [0.1, 0.15) is 97.3 Å². The van der Waals surface area contributed by atoms with Gasteiger partial charge in [-0.1, -0.05) is 35.9 Å². The summed E-state index contributed by atoms with van der Waals surface area (Å²) in [4.78, 5) is 48.0. The number of alkyl halides is 2. The second-order valence-corrected chi connectivity index (χ2v) is 18.4. The molecule has 61 heavy (non-hydrogen) atoms. The van der Waals surface area contributed by atoms with Crippen molar-refractivity contribution < 1.29 is 28.6 Å². The van der Waals surface area contributed by atoms with Crippen molar-refractivity contribution in [1.82, 2.24) is 34.3 Å². The number of fused-ring (bicyclic) bond motifs is 4. The van der Waals surface area contributed by atoms with Crippen LogP contribution in [0.5, 0.6) is 0 Å². The van der Waals surface area contributed by atoms with Crippen LogP contribution in [0.2, 0.25) is 5.02 Å². The Balaban J connectivity index is 0.906. The second-order valence-electron chi connectivity index (χ2n) is 18.1. The first-order chi connectivity index (χ1) is 29.1. The van der Waals surface area contributed by atoms with Gasteiger partial charge in [0.1, 0.15) is 5.52 Å². The van der Waals surface area contributed by atoms with Crippen molar-refractivity contribution >= 4 is 51.7 Å². The number of carboxylic acid groups (broad SMARTS) is 1. The number of likely N-dealkylation sites (tertiary alicyclic amines) is 1. The summed E-state index contributed by atoms with van der Waals surface area (Å²) in [6.07, 6.45) is 5.46. The number of carbonyl (C=O) groups is 2. The van der Waals surface area contributed by atoms with Gasteiger partial charge in [0.25, 0.3) is 12.3 Å². The van der Waals surface area contributed by atoms with Gasteiger partial charge in [-0.05, 0) is 106 Å². The summed E-state index contributed by atoms with van der Waals surface area (Å²) in [5, 5.41) is 26.8. The number of nitrogens with one attached hydrogen (secondary N) is 2. The highest BCUT2D eigenvalue weighted by Crippen LogP contribution is 2.63. The summed E-state index contributed by atoms with van der Waals surface area (Å²) >= 11 is 7.05. The average molecular weight is 854 g/mol. The molecule has 2 aromatic carbocycles. The number of aromatic nitrogens is 5. The minimum atomic E-state index is -2.91. The molecule has 320 valence electrons. The van der Waals surface area contributed by atoms with E-state index in [1.54, 1.807) is 25.3 Å². The van der Waals surface area contributed by atoms with E-state index in [-0.39, 0.29) is 28.5 Å². The number of benzene rings is 2. The molecule has 1 unspecified atom stereocenters. The highest BCUT2D eigenvalue weighted by Gasteiger charge is 2.57. The summed E-state index contributed by atoms with van der Waals surface area (Å²) in [5.74, 6) is -1.22. The Hall–Kier alpha value is -5.09. The number of rotatable bonds is 12. The normalized spacial score (nSPS) is 23.9. The van der Waals surface area contributed by atoms with E-state index in [0.29, 0.717) is 60.1 Å². The number of anilines is 3. The van der Waals surface area contributed by atoms with E-state index in [1.165, 1.54) is 0 Å². The molecule has 4 aliphatic rings. The number of aliphatic carboxylic acids is 1. The first-order valence-corrected chi connectivity index (χ1v) is 21.4. The Morgan fingerprint density at radius 1 is 0.984 bits per heavy atom. The summed E-state index contributed by atoms with van der Waals surface area (Å²) in [7, 11) is 1.86. The van der Waals surface area contributed by atoms with Gasteiger partial charge in [0, 0.05) is 69.3 Å². The molecule has 5 heterocycles. The standard InChI is InChI=1S/C45H50ClF2N9O4/c1-26-28(6-4-8-30(26)50-38-36-32(51-39(54-38)37(47)48)20-27(21-49-36)22-57-18-15-43(2,61)25-57)29-7-5-9-31(35(29)46)53-41(58)40-52-33-23-56(17-10-34(33)55(40)3)19-16-44-11-13-45(24-44,14-12-44)42(59)60/h4-9,20-21,37,61H,10-19,22-25H2,1-3H3,(H,53,58)(H,59,60)(H,50,51,54). The van der Waals surface area contributed by atoms with Crippen LogP contribution in [0.3, 0.4) is 0 Å². The number of halogens is 3. The molecule has 2 bridgehead atoms. The number of nitrogens with zero attached hydrogens (tertiary/aromatic N) is 7. The van der Waals surface area contributed by atoms with Gasteiger partial charge in [0.2, 0.25) is 0 Å². The summed E-state index contributed by atoms with van der Waals surface area (Å²) < 4.78 is 30.1. The van der Waals surface area contributed by atoms with Gasteiger partial charge in [0.15, 0.2) is 17.5 Å². The number of hydrogen-bond acceptors (Lipinski definition) is 10. The Morgan fingerprint density at radius 2 is 1.74 bits per heavy atom. The van der Waals surface area contributed by atoms with Crippen LogP contribution in [0, 0.1) is 17.8 Å². The van der Waals surface area contributed by atoms with Gasteiger partial charge < -0.3 is 25.4 Å². The lowest BCUT2D eigenvalue weighted by Gasteiger charge is -2.32. The zero-order valence-corrected chi connectivity index (χ0v) is 35.3. The number of carbonyl (C=O) groups excluding carboxylic acids is 1. The number of β-amino-alcohol motifs (C(OH)–C–C–N with tert-alkyl or cyclic N) is 1. The van der Waals surface area contributed by atoms with E-state index in [9.17, 15) is 28.6 Å². The van der Waals surface area contributed by atoms with E-state index in [4.69, 9.17) is 16.6 Å². The monoisotopic (exact) mass is 853 g/mol. The molecular formula is C45H50ClF2N9O4. The van der Waals surface area contributed by atoms with Crippen LogP contribution in [-0.2, 0) is 31.4 Å². The largest absolute Gasteiger partial charge is 0.481 e. The second kappa shape index (κ2) is 15.7. The maximum atomic E-state index is 14.1. The van der Waals surface area contributed by atoms with Crippen molar-refractivity contribution in [3.63, 3.8) is 0 Å². The van der Waals surface area contributed by atoms with E-state index in [1.807, 2.05) is 48.9 Å². The van der Waals surface area contributed by atoms with Gasteiger partial charge >= 0.3 is 5.97 Å². The van der Waals surface area contributed by atoms with E-state index < -0.39 is 29.2 Å². The van der Waals surface area contributed by atoms with Crippen molar-refractivity contribution in [2.24, 2.45) is 17.9 Å². The molecular weight excluding hydrogens is 804 g/mol. The van der Waals surface area contributed by atoms with Crippen molar-refractivity contribution in [2.45, 2.75) is 90.3 Å². The molecule has 16 heteroatoms. The van der Waals surface area contributed by atoms with Gasteiger partial charge in [-0.3, -0.25) is 24.4 Å². The molecule has 2 aliphatic carbocycles. The number of carboxylic acids is 1. The topological polar surface area (TPSA) is 162 Å². The number of hydrogen-bond donors (Lipinski definition) is 4. The molecule has 1 saturated heterocycles. The van der Waals surface area contributed by atoms with Crippen LogP contribution in [0.15, 0.2) is 48.7 Å². The number of aliphatic hydroxyl groups is 1. The van der Waals surface area contributed by atoms with Crippen LogP contribution >= 0.6 is 11.6 Å². The van der Waals surface area contributed by atoms with Gasteiger partial charge in [0.05, 0.1) is 32.9 Å². The highest BCUT2D eigenvalue weighted by molar-refractivity contribution is 6.36. The molecule has 2 saturated carbocycles. The fourth-order valence-electron chi connectivity index (χ4n) is 10.3. The number of pyridine rings is 1. The van der Waals surface area contributed by atoms with E-state index in [0.717, 1.165) is 86.1 Å². The van der Waals surface area contributed by atoms with Crippen LogP contribution in [-0.4, -0.2) is 88.2 Å². The molecule has 13 nitrogen and oxygen atoms in total. The summed E-state index contributed by atoms with van der Waals surface area (Å²) in [5.41, 5.74) is 5.32. The van der Waals surface area contributed by atoms with Crippen LogP contribution in [0.25, 0.3) is 22.2 Å². The SMILES string of the molecule is Cc1c(Nc2nc(C(F)F)nc3cc(CN4CCC(C)(O)C4)cnc23)cccc1-c1cccc(NC(=O)c2nc3c(n2C)CCN(CCC24CCC(C(=O)O)(CC2)C4)C3)c1Cl.